The van der Waals surface area contributed by atoms with Gasteiger partial charge in [0.25, 0.3) is 0 Å². The lowest BCUT2D eigenvalue weighted by Crippen LogP contribution is -2.47. The Morgan fingerprint density at radius 2 is 1.42 bits per heavy atom. The fraction of sp³-hybridized carbons (Fsp3) is 0.220. The van der Waals surface area contributed by atoms with Crippen LogP contribution in [0.4, 0.5) is 4.39 Å². The molecule has 1 amide bonds. The third-order valence-corrected chi connectivity index (χ3v) is 8.72. The van der Waals surface area contributed by atoms with Crippen LogP contribution in [-0.4, -0.2) is 46.9 Å². The Labute approximate surface area is 297 Å². The SMILES string of the molecule is Cc1ccc(COc2ccc(Oc3c(C)cc(C=CC(=O)N4CCN(Cc5ccc(COc6ccc(F)cc6)cc5)CC4)cc3Cl)nc2)cc1. The Bertz CT molecular complexity index is 1880. The first-order chi connectivity index (χ1) is 24.3. The van der Waals surface area contributed by atoms with Crippen molar-refractivity contribution >= 4 is 23.6 Å². The van der Waals surface area contributed by atoms with Crippen molar-refractivity contribution in [3.05, 3.63) is 154 Å². The molecular formula is C41H39ClFN3O4. The van der Waals surface area contributed by atoms with E-state index in [2.05, 4.69) is 41.1 Å². The number of carbonyl (C=O) groups excluding carboxylic acids is 1. The summed E-state index contributed by atoms with van der Waals surface area (Å²) in [4.78, 5) is 21.6. The van der Waals surface area contributed by atoms with Gasteiger partial charge in [0.1, 0.15) is 30.5 Å². The molecule has 0 bridgehead atoms. The summed E-state index contributed by atoms with van der Waals surface area (Å²) in [6, 6.07) is 29.8. The number of nitrogens with zero attached hydrogens (tertiary/aromatic N) is 3. The van der Waals surface area contributed by atoms with Crippen LogP contribution in [0.1, 0.15) is 33.4 Å². The zero-order valence-corrected chi connectivity index (χ0v) is 28.9. The number of benzene rings is 4. The van der Waals surface area contributed by atoms with Crippen LogP contribution in [0.25, 0.3) is 6.08 Å². The number of hydrogen-bond donors (Lipinski definition) is 0. The van der Waals surface area contributed by atoms with E-state index in [-0.39, 0.29) is 11.7 Å². The van der Waals surface area contributed by atoms with Crippen LogP contribution in [0, 0.1) is 19.7 Å². The first-order valence-electron chi connectivity index (χ1n) is 16.6. The third-order valence-electron chi connectivity index (χ3n) is 8.44. The van der Waals surface area contributed by atoms with Crippen LogP contribution >= 0.6 is 11.6 Å². The largest absolute Gasteiger partial charge is 0.489 e. The molecule has 0 spiro atoms. The molecule has 0 unspecified atom stereocenters. The standard InChI is InChI=1S/C41H39ClFN3O4/c1-29-3-5-32(6-4-29)28-49-37-16-17-39(44-25-37)50-41-30(2)23-34(24-38(41)42)11-18-40(47)46-21-19-45(20-22-46)26-31-7-9-33(10-8-31)27-48-36-14-12-35(43)13-15-36/h3-18,23-25H,19-22,26-28H2,1-2H3. The quantitative estimate of drug-likeness (QED) is 0.122. The average Bonchev–Trinajstić information content (AvgIpc) is 3.13. The number of halogens is 2. The van der Waals surface area contributed by atoms with Crippen molar-refractivity contribution in [3.8, 4) is 23.1 Å². The van der Waals surface area contributed by atoms with Gasteiger partial charge in [0, 0.05) is 44.9 Å². The van der Waals surface area contributed by atoms with Crippen molar-refractivity contribution < 1.29 is 23.4 Å². The molecular weight excluding hydrogens is 653 g/mol. The Kier molecular flexibility index (Phi) is 11.4. The van der Waals surface area contributed by atoms with E-state index < -0.39 is 0 Å². The molecule has 1 aliphatic rings. The maximum Gasteiger partial charge on any atom is 0.246 e. The van der Waals surface area contributed by atoms with Crippen molar-refractivity contribution in [2.24, 2.45) is 0 Å². The number of piperazine rings is 1. The monoisotopic (exact) mass is 691 g/mol. The van der Waals surface area contributed by atoms with Crippen LogP contribution in [0.2, 0.25) is 5.02 Å². The smallest absolute Gasteiger partial charge is 0.246 e. The normalized spacial score (nSPS) is 13.4. The Morgan fingerprint density at radius 1 is 0.800 bits per heavy atom. The van der Waals surface area contributed by atoms with Gasteiger partial charge in [-0.25, -0.2) is 9.37 Å². The van der Waals surface area contributed by atoms with Crippen molar-refractivity contribution in [3.63, 3.8) is 0 Å². The molecule has 1 aliphatic heterocycles. The van der Waals surface area contributed by atoms with Gasteiger partial charge in [-0.2, -0.15) is 0 Å². The second-order valence-corrected chi connectivity index (χ2v) is 12.8. The van der Waals surface area contributed by atoms with Crippen molar-refractivity contribution in [2.75, 3.05) is 26.2 Å². The minimum absolute atomic E-state index is 0.0295. The number of aromatic nitrogens is 1. The zero-order chi connectivity index (χ0) is 34.9. The molecule has 7 nitrogen and oxygen atoms in total. The van der Waals surface area contributed by atoms with E-state index in [9.17, 15) is 9.18 Å². The molecule has 1 saturated heterocycles. The topological polar surface area (TPSA) is 64.1 Å². The molecule has 4 aromatic carbocycles. The molecule has 1 fully saturated rings. The van der Waals surface area contributed by atoms with Crippen LogP contribution < -0.4 is 14.2 Å². The van der Waals surface area contributed by atoms with E-state index in [0.717, 1.165) is 41.9 Å². The van der Waals surface area contributed by atoms with Crippen molar-refractivity contribution in [2.45, 2.75) is 33.6 Å². The summed E-state index contributed by atoms with van der Waals surface area (Å²) in [5.74, 6) is 1.88. The van der Waals surface area contributed by atoms with Crippen LogP contribution in [0.15, 0.2) is 109 Å². The van der Waals surface area contributed by atoms with E-state index in [4.69, 9.17) is 25.8 Å². The summed E-state index contributed by atoms with van der Waals surface area (Å²) in [6.07, 6.45) is 5.02. The highest BCUT2D eigenvalue weighted by molar-refractivity contribution is 6.32. The predicted molar refractivity (Wildman–Crippen MR) is 194 cm³/mol. The highest BCUT2D eigenvalue weighted by Crippen LogP contribution is 2.34. The lowest BCUT2D eigenvalue weighted by molar-refractivity contribution is -0.127. The summed E-state index contributed by atoms with van der Waals surface area (Å²) in [6.45, 7) is 8.54. The molecule has 6 rings (SSSR count). The van der Waals surface area contributed by atoms with E-state index in [1.807, 2.05) is 48.2 Å². The number of pyridine rings is 1. The second-order valence-electron chi connectivity index (χ2n) is 12.4. The lowest BCUT2D eigenvalue weighted by Gasteiger charge is -2.34. The van der Waals surface area contributed by atoms with Gasteiger partial charge in [-0.15, -0.1) is 0 Å². The maximum atomic E-state index is 13.1. The summed E-state index contributed by atoms with van der Waals surface area (Å²) < 4.78 is 30.7. The summed E-state index contributed by atoms with van der Waals surface area (Å²) in [5.41, 5.74) is 6.17. The molecule has 0 radical (unpaired) electrons. The van der Waals surface area contributed by atoms with Gasteiger partial charge in [0.15, 0.2) is 5.75 Å². The maximum absolute atomic E-state index is 13.1. The molecule has 1 aromatic heterocycles. The summed E-state index contributed by atoms with van der Waals surface area (Å²) in [5, 5.41) is 0.431. The molecule has 0 saturated carbocycles. The highest BCUT2D eigenvalue weighted by atomic mass is 35.5. The summed E-state index contributed by atoms with van der Waals surface area (Å²) in [7, 11) is 0. The van der Waals surface area contributed by atoms with E-state index in [0.29, 0.717) is 54.5 Å². The first-order valence-corrected chi connectivity index (χ1v) is 16.9. The van der Waals surface area contributed by atoms with Gasteiger partial charge in [0.2, 0.25) is 11.8 Å². The number of ether oxygens (including phenoxy) is 3. The fourth-order valence-electron chi connectivity index (χ4n) is 5.55. The minimum atomic E-state index is -0.282. The molecule has 0 N–H and O–H groups in total. The molecule has 5 aromatic rings. The molecule has 2 heterocycles. The average molecular weight is 692 g/mol. The number of aryl methyl sites for hydroxylation is 2. The molecule has 9 heteroatoms. The Balaban J connectivity index is 0.946. The van der Waals surface area contributed by atoms with E-state index in [1.54, 1.807) is 42.6 Å². The highest BCUT2D eigenvalue weighted by Gasteiger charge is 2.20. The zero-order valence-electron chi connectivity index (χ0n) is 28.1. The minimum Gasteiger partial charge on any atom is -0.489 e. The van der Waals surface area contributed by atoms with E-state index >= 15 is 0 Å². The van der Waals surface area contributed by atoms with Crippen molar-refractivity contribution in [1.82, 2.24) is 14.8 Å². The first kappa shape index (κ1) is 34.7. The number of amides is 1. The van der Waals surface area contributed by atoms with Crippen LogP contribution in [0.5, 0.6) is 23.1 Å². The van der Waals surface area contributed by atoms with Crippen LogP contribution in [-0.2, 0) is 24.6 Å². The van der Waals surface area contributed by atoms with Gasteiger partial charge in [0.05, 0.1) is 11.2 Å². The molecule has 256 valence electrons. The number of rotatable bonds is 12. The van der Waals surface area contributed by atoms with Crippen LogP contribution in [0.3, 0.4) is 0 Å². The molecule has 0 atom stereocenters. The number of carbonyl (C=O) groups is 1. The Morgan fingerprint density at radius 3 is 2.06 bits per heavy atom. The lowest BCUT2D eigenvalue weighted by atomic mass is 10.1. The molecule has 0 aliphatic carbocycles. The van der Waals surface area contributed by atoms with Gasteiger partial charge in [-0.1, -0.05) is 65.7 Å². The van der Waals surface area contributed by atoms with Gasteiger partial charge >= 0.3 is 0 Å². The Hall–Kier alpha value is -5.18. The number of hydrogen-bond acceptors (Lipinski definition) is 6. The summed E-state index contributed by atoms with van der Waals surface area (Å²) >= 11 is 6.62. The van der Waals surface area contributed by atoms with E-state index in [1.165, 1.54) is 23.3 Å². The molecule has 50 heavy (non-hydrogen) atoms. The predicted octanol–water partition coefficient (Wildman–Crippen LogP) is 8.80. The van der Waals surface area contributed by atoms with Gasteiger partial charge in [-0.3, -0.25) is 9.69 Å². The fourth-order valence-corrected chi connectivity index (χ4v) is 5.86. The van der Waals surface area contributed by atoms with Gasteiger partial charge < -0.3 is 19.1 Å². The third kappa shape index (κ3) is 9.71. The van der Waals surface area contributed by atoms with Crippen molar-refractivity contribution in [1.29, 1.82) is 0 Å². The second kappa shape index (κ2) is 16.5. The van der Waals surface area contributed by atoms with Gasteiger partial charge in [-0.05, 0) is 90.2 Å².